The standard InChI is InChI=1S/C23H26N2O4S/c1-16-8-9-19(29-16)18(25-10-12-28-13-11-25)15-24-23(26)22-20(27-2)14-21(30-22)17-6-4-3-5-7-17/h3-9,14,18H,10-13,15H2,1-2H3,(H,24,26). The third-order valence-electron chi connectivity index (χ3n) is 5.21. The Bertz CT molecular complexity index is 976. The van der Waals surface area contributed by atoms with E-state index in [0.29, 0.717) is 30.4 Å². The molecular formula is C23H26N2O4S. The summed E-state index contributed by atoms with van der Waals surface area (Å²) in [7, 11) is 1.59. The number of nitrogens with one attached hydrogen (secondary N) is 1. The number of thiophene rings is 1. The van der Waals surface area contributed by atoms with Crippen molar-refractivity contribution in [1.82, 2.24) is 10.2 Å². The van der Waals surface area contributed by atoms with E-state index in [-0.39, 0.29) is 11.9 Å². The van der Waals surface area contributed by atoms with Crippen molar-refractivity contribution < 1.29 is 18.7 Å². The van der Waals surface area contributed by atoms with E-state index in [1.54, 1.807) is 7.11 Å². The minimum Gasteiger partial charge on any atom is -0.495 e. The number of amides is 1. The van der Waals surface area contributed by atoms with E-state index >= 15 is 0 Å². The van der Waals surface area contributed by atoms with Crippen molar-refractivity contribution >= 4 is 17.2 Å². The monoisotopic (exact) mass is 426 g/mol. The molecule has 0 spiro atoms. The maximum Gasteiger partial charge on any atom is 0.265 e. The summed E-state index contributed by atoms with van der Waals surface area (Å²) >= 11 is 1.44. The van der Waals surface area contributed by atoms with E-state index in [1.807, 2.05) is 55.5 Å². The van der Waals surface area contributed by atoms with Crippen molar-refractivity contribution in [3.8, 4) is 16.2 Å². The van der Waals surface area contributed by atoms with E-state index < -0.39 is 0 Å². The second-order valence-corrected chi connectivity index (χ2v) is 8.25. The minimum absolute atomic E-state index is 0.0360. The van der Waals surface area contributed by atoms with Crippen LogP contribution in [-0.2, 0) is 4.74 Å². The average Bonchev–Trinajstić information content (AvgIpc) is 3.42. The molecule has 1 fully saturated rings. The van der Waals surface area contributed by atoms with Crippen LogP contribution in [0.5, 0.6) is 5.75 Å². The lowest BCUT2D eigenvalue weighted by Crippen LogP contribution is -2.43. The quantitative estimate of drug-likeness (QED) is 0.616. The summed E-state index contributed by atoms with van der Waals surface area (Å²) in [5, 5.41) is 3.09. The smallest absolute Gasteiger partial charge is 0.265 e. The molecule has 1 unspecified atom stereocenters. The van der Waals surface area contributed by atoms with E-state index in [1.165, 1.54) is 11.3 Å². The molecule has 1 amide bonds. The number of aryl methyl sites for hydroxylation is 1. The minimum atomic E-state index is -0.138. The van der Waals surface area contributed by atoms with Crippen LogP contribution in [0.25, 0.3) is 10.4 Å². The predicted octanol–water partition coefficient (Wildman–Crippen LogP) is 4.13. The van der Waals surface area contributed by atoms with Crippen LogP contribution >= 0.6 is 11.3 Å². The summed E-state index contributed by atoms with van der Waals surface area (Å²) in [5.74, 6) is 2.17. The first-order valence-corrected chi connectivity index (χ1v) is 10.9. The molecule has 0 bridgehead atoms. The van der Waals surface area contributed by atoms with Crippen molar-refractivity contribution in [2.24, 2.45) is 0 Å². The molecule has 3 heterocycles. The van der Waals surface area contributed by atoms with Gasteiger partial charge in [-0.3, -0.25) is 9.69 Å². The number of carbonyl (C=O) groups excluding carboxylic acids is 1. The Morgan fingerprint density at radius 3 is 2.63 bits per heavy atom. The van der Waals surface area contributed by atoms with Gasteiger partial charge in [0.2, 0.25) is 0 Å². The number of methoxy groups -OCH3 is 1. The fourth-order valence-corrected chi connectivity index (χ4v) is 4.68. The number of furan rings is 1. The molecule has 4 rings (SSSR count). The van der Waals surface area contributed by atoms with Crippen LogP contribution in [-0.4, -0.2) is 50.8 Å². The molecule has 0 radical (unpaired) electrons. The normalized spacial score (nSPS) is 15.7. The zero-order chi connectivity index (χ0) is 20.9. The van der Waals surface area contributed by atoms with E-state index in [9.17, 15) is 4.79 Å². The highest BCUT2D eigenvalue weighted by molar-refractivity contribution is 7.17. The lowest BCUT2D eigenvalue weighted by molar-refractivity contribution is 0.0117. The van der Waals surface area contributed by atoms with Gasteiger partial charge in [-0.1, -0.05) is 30.3 Å². The molecule has 0 aliphatic carbocycles. The van der Waals surface area contributed by atoms with Gasteiger partial charge in [0, 0.05) is 24.5 Å². The Morgan fingerprint density at radius 1 is 1.20 bits per heavy atom. The molecule has 2 aromatic heterocycles. The van der Waals surface area contributed by atoms with E-state index in [4.69, 9.17) is 13.9 Å². The SMILES string of the molecule is COc1cc(-c2ccccc2)sc1C(=O)NCC(c1ccc(C)o1)N1CCOCC1. The van der Waals surface area contributed by atoms with Crippen LogP contribution < -0.4 is 10.1 Å². The van der Waals surface area contributed by atoms with Crippen molar-refractivity contribution in [2.75, 3.05) is 40.0 Å². The van der Waals surface area contributed by atoms with Crippen LogP contribution in [0.2, 0.25) is 0 Å². The highest BCUT2D eigenvalue weighted by Gasteiger charge is 2.27. The van der Waals surface area contributed by atoms with Crippen LogP contribution in [0.1, 0.15) is 27.2 Å². The number of hydrogen-bond acceptors (Lipinski definition) is 6. The van der Waals surface area contributed by atoms with Gasteiger partial charge >= 0.3 is 0 Å². The van der Waals surface area contributed by atoms with Gasteiger partial charge in [0.05, 0.1) is 26.4 Å². The Labute approximate surface area is 180 Å². The first-order chi connectivity index (χ1) is 14.7. The third kappa shape index (κ3) is 4.59. The molecule has 1 N–H and O–H groups in total. The molecule has 1 aromatic carbocycles. The van der Waals surface area contributed by atoms with Crippen LogP contribution in [0, 0.1) is 6.92 Å². The summed E-state index contributed by atoms with van der Waals surface area (Å²) in [4.78, 5) is 16.9. The summed E-state index contributed by atoms with van der Waals surface area (Å²) < 4.78 is 16.9. The van der Waals surface area contributed by atoms with Gasteiger partial charge in [-0.15, -0.1) is 11.3 Å². The van der Waals surface area contributed by atoms with Gasteiger partial charge in [0.15, 0.2) is 0 Å². The fourth-order valence-electron chi connectivity index (χ4n) is 3.63. The zero-order valence-corrected chi connectivity index (χ0v) is 18.0. The van der Waals surface area contributed by atoms with E-state index in [2.05, 4.69) is 10.2 Å². The average molecular weight is 427 g/mol. The lowest BCUT2D eigenvalue weighted by atomic mass is 10.1. The van der Waals surface area contributed by atoms with Crippen molar-refractivity contribution in [1.29, 1.82) is 0 Å². The van der Waals surface area contributed by atoms with Gasteiger partial charge in [0.25, 0.3) is 5.91 Å². The molecule has 30 heavy (non-hydrogen) atoms. The highest BCUT2D eigenvalue weighted by atomic mass is 32.1. The topological polar surface area (TPSA) is 63.9 Å². The first-order valence-electron chi connectivity index (χ1n) is 10.1. The van der Waals surface area contributed by atoms with Crippen molar-refractivity contribution in [3.05, 3.63) is 64.9 Å². The number of carbonyl (C=O) groups is 1. The van der Waals surface area contributed by atoms with Gasteiger partial charge in [-0.2, -0.15) is 0 Å². The third-order valence-corrected chi connectivity index (χ3v) is 6.38. The Hall–Kier alpha value is -2.61. The summed E-state index contributed by atoms with van der Waals surface area (Å²) in [5.41, 5.74) is 1.07. The molecule has 1 atom stereocenters. The maximum atomic E-state index is 13.0. The second-order valence-electron chi connectivity index (χ2n) is 7.20. The Morgan fingerprint density at radius 2 is 1.97 bits per heavy atom. The molecule has 1 aliphatic heterocycles. The van der Waals surface area contributed by atoms with Gasteiger partial charge < -0.3 is 19.2 Å². The first kappa shape index (κ1) is 20.7. The molecule has 1 saturated heterocycles. The maximum absolute atomic E-state index is 13.0. The zero-order valence-electron chi connectivity index (χ0n) is 17.2. The largest absolute Gasteiger partial charge is 0.495 e. The lowest BCUT2D eigenvalue weighted by Gasteiger charge is -2.33. The number of benzene rings is 1. The van der Waals surface area contributed by atoms with Gasteiger partial charge in [-0.05, 0) is 30.7 Å². The summed E-state index contributed by atoms with van der Waals surface area (Å²) in [6.45, 7) is 5.36. The molecule has 0 saturated carbocycles. The molecule has 1 aliphatic rings. The molecule has 158 valence electrons. The Kier molecular flexibility index (Phi) is 6.52. The molecule has 6 nitrogen and oxygen atoms in total. The summed E-state index contributed by atoms with van der Waals surface area (Å²) in [6.07, 6.45) is 0. The number of ether oxygens (including phenoxy) is 2. The van der Waals surface area contributed by atoms with E-state index in [0.717, 1.165) is 35.1 Å². The number of morpholine rings is 1. The number of rotatable bonds is 7. The van der Waals surface area contributed by atoms with Crippen LogP contribution in [0.15, 0.2) is 52.9 Å². The predicted molar refractivity (Wildman–Crippen MR) is 117 cm³/mol. The van der Waals surface area contributed by atoms with Gasteiger partial charge in [0.1, 0.15) is 22.1 Å². The van der Waals surface area contributed by atoms with Crippen LogP contribution in [0.3, 0.4) is 0 Å². The highest BCUT2D eigenvalue weighted by Crippen LogP contribution is 2.36. The van der Waals surface area contributed by atoms with Crippen molar-refractivity contribution in [3.63, 3.8) is 0 Å². The summed E-state index contributed by atoms with van der Waals surface area (Å²) in [6, 6.07) is 15.8. The molecular weight excluding hydrogens is 400 g/mol. The van der Waals surface area contributed by atoms with Crippen LogP contribution in [0.4, 0.5) is 0 Å². The molecule has 3 aromatic rings. The number of nitrogens with zero attached hydrogens (tertiary/aromatic N) is 1. The molecule has 7 heteroatoms. The van der Waals surface area contributed by atoms with Gasteiger partial charge in [-0.25, -0.2) is 0 Å². The van der Waals surface area contributed by atoms with Crippen molar-refractivity contribution in [2.45, 2.75) is 13.0 Å². The number of hydrogen-bond donors (Lipinski definition) is 1. The fraction of sp³-hybridized carbons (Fsp3) is 0.348. The second kappa shape index (κ2) is 9.47. The Balaban J connectivity index is 1.51.